The van der Waals surface area contributed by atoms with E-state index in [1.54, 1.807) is 4.31 Å². The minimum atomic E-state index is -3.37. The van der Waals surface area contributed by atoms with E-state index in [0.717, 1.165) is 25.8 Å². The van der Waals surface area contributed by atoms with Crippen LogP contribution in [-0.2, 0) is 10.2 Å². The Kier molecular flexibility index (Phi) is 6.44. The van der Waals surface area contributed by atoms with Crippen molar-refractivity contribution in [3.05, 3.63) is 0 Å². The lowest BCUT2D eigenvalue weighted by atomic mass is 9.82. The van der Waals surface area contributed by atoms with Crippen molar-refractivity contribution in [1.29, 1.82) is 0 Å². The molecule has 0 aliphatic carbocycles. The molecule has 1 fully saturated rings. The van der Waals surface area contributed by atoms with Gasteiger partial charge in [0, 0.05) is 25.7 Å². The second kappa shape index (κ2) is 7.20. The summed E-state index contributed by atoms with van der Waals surface area (Å²) in [6, 6.07) is 0.0798. The van der Waals surface area contributed by atoms with Crippen LogP contribution in [0.1, 0.15) is 47.0 Å². The lowest BCUT2D eigenvalue weighted by molar-refractivity contribution is 0.237. The van der Waals surface area contributed by atoms with Gasteiger partial charge in [0.25, 0.3) is 10.2 Å². The van der Waals surface area contributed by atoms with Crippen LogP contribution in [0.5, 0.6) is 0 Å². The number of rotatable bonds is 6. The Morgan fingerprint density at radius 1 is 1.30 bits per heavy atom. The van der Waals surface area contributed by atoms with Crippen molar-refractivity contribution < 1.29 is 8.42 Å². The highest BCUT2D eigenvalue weighted by Crippen LogP contribution is 2.25. The number of piperidine rings is 1. The number of likely N-dealkylation sites (N-methyl/N-ethyl adjacent to an activating group) is 1. The van der Waals surface area contributed by atoms with Crippen molar-refractivity contribution in [1.82, 2.24) is 14.3 Å². The first-order valence-electron chi connectivity index (χ1n) is 7.59. The number of nitrogens with zero attached hydrogens (tertiary/aromatic N) is 1. The Bertz CT molecular complexity index is 388. The third-order valence-electron chi connectivity index (χ3n) is 4.37. The molecule has 1 aliphatic heterocycles. The summed E-state index contributed by atoms with van der Waals surface area (Å²) in [5, 5.41) is 3.09. The van der Waals surface area contributed by atoms with E-state index in [4.69, 9.17) is 0 Å². The number of nitrogens with one attached hydrogen (secondary N) is 2. The fraction of sp³-hybridized carbons (Fsp3) is 1.00. The summed E-state index contributed by atoms with van der Waals surface area (Å²) in [5.41, 5.74) is 0.106. The molecule has 1 aliphatic rings. The molecule has 0 aromatic rings. The maximum absolute atomic E-state index is 12.5. The van der Waals surface area contributed by atoms with E-state index in [-0.39, 0.29) is 11.5 Å². The zero-order valence-electron chi connectivity index (χ0n) is 13.6. The van der Waals surface area contributed by atoms with E-state index < -0.39 is 10.2 Å². The van der Waals surface area contributed by atoms with Gasteiger partial charge in [-0.1, -0.05) is 34.1 Å². The van der Waals surface area contributed by atoms with Gasteiger partial charge in [-0.05, 0) is 31.2 Å². The smallest absolute Gasteiger partial charge is 0.279 e. The molecule has 1 saturated heterocycles. The van der Waals surface area contributed by atoms with Gasteiger partial charge < -0.3 is 5.32 Å². The van der Waals surface area contributed by atoms with Gasteiger partial charge >= 0.3 is 0 Å². The minimum absolute atomic E-state index is 0.0798. The van der Waals surface area contributed by atoms with Gasteiger partial charge in [-0.25, -0.2) is 4.72 Å². The summed E-state index contributed by atoms with van der Waals surface area (Å²) in [4.78, 5) is 0. The third-order valence-corrected chi connectivity index (χ3v) is 6.00. The topological polar surface area (TPSA) is 61.4 Å². The molecule has 0 radical (unpaired) electrons. The quantitative estimate of drug-likeness (QED) is 0.783. The lowest BCUT2D eigenvalue weighted by Gasteiger charge is -2.35. The van der Waals surface area contributed by atoms with Gasteiger partial charge in [-0.2, -0.15) is 12.7 Å². The van der Waals surface area contributed by atoms with Crippen LogP contribution in [0.3, 0.4) is 0 Å². The molecule has 2 N–H and O–H groups in total. The molecule has 120 valence electrons. The van der Waals surface area contributed by atoms with Crippen LogP contribution in [0, 0.1) is 11.3 Å². The zero-order valence-corrected chi connectivity index (χ0v) is 14.4. The standard InChI is InChI=1S/C14H31N3O2S/c1-12(14(2,3)4)10-16-20(18,19)17-9-7-6-8-13(17)11-15-5/h12-13,15-16H,6-11H2,1-5H3. The molecule has 1 rings (SSSR count). The second-order valence-corrected chi connectivity index (χ2v) is 8.65. The summed E-state index contributed by atoms with van der Waals surface area (Å²) < 4.78 is 29.4. The first kappa shape index (κ1) is 17.9. The van der Waals surface area contributed by atoms with Gasteiger partial charge in [0.15, 0.2) is 0 Å². The summed E-state index contributed by atoms with van der Waals surface area (Å²) >= 11 is 0. The normalized spacial score (nSPS) is 23.8. The zero-order chi connectivity index (χ0) is 15.4. The van der Waals surface area contributed by atoms with Crippen LogP contribution in [0.2, 0.25) is 0 Å². The average molecular weight is 305 g/mol. The Morgan fingerprint density at radius 3 is 2.50 bits per heavy atom. The van der Waals surface area contributed by atoms with Crippen molar-refractivity contribution in [2.75, 3.05) is 26.7 Å². The van der Waals surface area contributed by atoms with Gasteiger partial charge in [0.05, 0.1) is 0 Å². The van der Waals surface area contributed by atoms with E-state index in [1.807, 2.05) is 7.05 Å². The largest absolute Gasteiger partial charge is 0.318 e. The fourth-order valence-electron chi connectivity index (χ4n) is 2.35. The molecular weight excluding hydrogens is 274 g/mol. The van der Waals surface area contributed by atoms with Gasteiger partial charge in [0.2, 0.25) is 0 Å². The lowest BCUT2D eigenvalue weighted by Crippen LogP contribution is -2.53. The van der Waals surface area contributed by atoms with Gasteiger partial charge in [-0.3, -0.25) is 0 Å². The van der Waals surface area contributed by atoms with Crippen molar-refractivity contribution in [2.45, 2.75) is 53.0 Å². The van der Waals surface area contributed by atoms with Crippen molar-refractivity contribution >= 4 is 10.2 Å². The minimum Gasteiger partial charge on any atom is -0.318 e. The highest BCUT2D eigenvalue weighted by Gasteiger charge is 2.32. The molecule has 5 nitrogen and oxygen atoms in total. The van der Waals surface area contributed by atoms with E-state index in [1.165, 1.54) is 0 Å². The maximum Gasteiger partial charge on any atom is 0.279 e. The van der Waals surface area contributed by atoms with Crippen LogP contribution < -0.4 is 10.0 Å². The second-order valence-electron chi connectivity index (χ2n) is 6.94. The summed E-state index contributed by atoms with van der Waals surface area (Å²) in [6.07, 6.45) is 3.00. The van der Waals surface area contributed by atoms with Crippen molar-refractivity contribution in [3.8, 4) is 0 Å². The highest BCUT2D eigenvalue weighted by atomic mass is 32.2. The summed E-state index contributed by atoms with van der Waals surface area (Å²) in [7, 11) is -1.50. The Labute approximate surface area is 124 Å². The molecular formula is C14H31N3O2S. The van der Waals surface area contributed by atoms with Crippen LogP contribution in [-0.4, -0.2) is 45.4 Å². The number of hydrogen-bond acceptors (Lipinski definition) is 3. The predicted octanol–water partition coefficient (Wildman–Crippen LogP) is 1.58. The Hall–Kier alpha value is -0.170. The molecule has 0 aromatic carbocycles. The van der Waals surface area contributed by atoms with Crippen LogP contribution in [0.4, 0.5) is 0 Å². The molecule has 0 amide bonds. The van der Waals surface area contributed by atoms with E-state index in [2.05, 4.69) is 37.7 Å². The molecule has 20 heavy (non-hydrogen) atoms. The van der Waals surface area contributed by atoms with Gasteiger partial charge in [0.1, 0.15) is 0 Å². The molecule has 0 spiro atoms. The average Bonchev–Trinajstić information content (AvgIpc) is 2.36. The van der Waals surface area contributed by atoms with Crippen LogP contribution in [0.25, 0.3) is 0 Å². The summed E-state index contributed by atoms with van der Waals surface area (Å²) in [5.74, 6) is 0.296. The monoisotopic (exact) mass is 305 g/mol. The van der Waals surface area contributed by atoms with E-state index >= 15 is 0 Å². The third kappa shape index (κ3) is 4.98. The highest BCUT2D eigenvalue weighted by molar-refractivity contribution is 7.87. The van der Waals surface area contributed by atoms with Crippen molar-refractivity contribution in [2.24, 2.45) is 11.3 Å². The fourth-order valence-corrected chi connectivity index (χ4v) is 3.92. The summed E-state index contributed by atoms with van der Waals surface area (Å²) in [6.45, 7) is 10.3. The molecule has 0 saturated carbocycles. The van der Waals surface area contributed by atoms with Crippen LogP contribution >= 0.6 is 0 Å². The first-order chi connectivity index (χ1) is 9.18. The maximum atomic E-state index is 12.5. The number of hydrogen-bond donors (Lipinski definition) is 2. The van der Waals surface area contributed by atoms with E-state index in [0.29, 0.717) is 19.0 Å². The molecule has 0 aromatic heterocycles. The SMILES string of the molecule is CNCC1CCCCN1S(=O)(=O)NCC(C)C(C)(C)C. The van der Waals surface area contributed by atoms with E-state index in [9.17, 15) is 8.42 Å². The molecule has 2 atom stereocenters. The predicted molar refractivity (Wildman–Crippen MR) is 83.8 cm³/mol. The molecule has 6 heteroatoms. The molecule has 0 bridgehead atoms. The first-order valence-corrected chi connectivity index (χ1v) is 9.03. The van der Waals surface area contributed by atoms with Gasteiger partial charge in [-0.15, -0.1) is 0 Å². The Balaban J connectivity index is 2.66. The molecule has 1 heterocycles. The molecule has 2 unspecified atom stereocenters. The Morgan fingerprint density at radius 2 is 1.95 bits per heavy atom. The van der Waals surface area contributed by atoms with Crippen molar-refractivity contribution in [3.63, 3.8) is 0 Å². The van der Waals surface area contributed by atoms with Crippen LogP contribution in [0.15, 0.2) is 0 Å².